The summed E-state index contributed by atoms with van der Waals surface area (Å²) in [6, 6.07) is 13.7. The summed E-state index contributed by atoms with van der Waals surface area (Å²) in [7, 11) is 1.83. The molecule has 1 aromatic heterocycles. The third-order valence-electron chi connectivity index (χ3n) is 5.89. The lowest BCUT2D eigenvalue weighted by atomic mass is 9.86. The van der Waals surface area contributed by atoms with Crippen molar-refractivity contribution in [2.24, 2.45) is 7.05 Å². The third-order valence-corrected chi connectivity index (χ3v) is 6.97. The first-order chi connectivity index (χ1) is 16.4. The molecule has 1 N–H and O–H groups in total. The van der Waals surface area contributed by atoms with Gasteiger partial charge in [-0.3, -0.25) is 9.59 Å². The van der Waals surface area contributed by atoms with E-state index in [0.717, 1.165) is 5.56 Å². The van der Waals surface area contributed by atoms with Crippen LogP contribution in [0.25, 0.3) is 0 Å². The van der Waals surface area contributed by atoms with Crippen molar-refractivity contribution in [3.05, 3.63) is 75.1 Å². The Morgan fingerprint density at radius 2 is 1.82 bits per heavy atom. The van der Waals surface area contributed by atoms with Gasteiger partial charge in [0.15, 0.2) is 16.7 Å². The molecule has 0 bridgehead atoms. The highest BCUT2D eigenvalue weighted by Crippen LogP contribution is 2.39. The number of nitrogens with zero attached hydrogens (tertiary/aromatic N) is 2. The number of ether oxygens (including phenoxy) is 2. The van der Waals surface area contributed by atoms with Gasteiger partial charge in [0.25, 0.3) is 5.56 Å². The molecule has 8 heteroatoms. The van der Waals surface area contributed by atoms with E-state index in [1.165, 1.54) is 22.9 Å². The van der Waals surface area contributed by atoms with Crippen molar-refractivity contribution < 1.29 is 14.3 Å². The van der Waals surface area contributed by atoms with Crippen molar-refractivity contribution in [2.75, 3.05) is 18.5 Å². The van der Waals surface area contributed by atoms with Crippen LogP contribution in [-0.2, 0) is 17.6 Å². The number of hydrogen-bond acceptors (Lipinski definition) is 6. The van der Waals surface area contributed by atoms with E-state index >= 15 is 0 Å². The van der Waals surface area contributed by atoms with Gasteiger partial charge in [-0.15, -0.1) is 0 Å². The molecule has 1 atom stereocenters. The average molecular weight is 480 g/mol. The van der Waals surface area contributed by atoms with E-state index in [2.05, 4.69) is 29.4 Å². The van der Waals surface area contributed by atoms with Gasteiger partial charge in [0.2, 0.25) is 5.91 Å². The zero-order valence-electron chi connectivity index (χ0n) is 19.9. The number of nitrogens with one attached hydrogen (secondary N) is 1. The molecular formula is C26H29N3O4S. The Labute approximate surface area is 203 Å². The predicted molar refractivity (Wildman–Crippen MR) is 134 cm³/mol. The number of carbonyl (C=O) groups is 1. The van der Waals surface area contributed by atoms with Crippen LogP contribution in [-0.4, -0.2) is 28.7 Å². The van der Waals surface area contributed by atoms with Crippen LogP contribution in [0.4, 0.5) is 5.82 Å². The Morgan fingerprint density at radius 3 is 2.56 bits per heavy atom. The molecule has 4 rings (SSSR count). The highest BCUT2D eigenvalue weighted by Gasteiger charge is 2.32. The summed E-state index contributed by atoms with van der Waals surface area (Å²) >= 11 is 1.48. The molecule has 0 fully saturated rings. The molecule has 2 aromatic carbocycles. The van der Waals surface area contributed by atoms with E-state index < -0.39 is 5.92 Å². The van der Waals surface area contributed by atoms with E-state index in [9.17, 15) is 9.59 Å². The zero-order valence-corrected chi connectivity index (χ0v) is 20.7. The van der Waals surface area contributed by atoms with E-state index in [0.29, 0.717) is 47.0 Å². The van der Waals surface area contributed by atoms with Gasteiger partial charge in [0, 0.05) is 25.1 Å². The summed E-state index contributed by atoms with van der Waals surface area (Å²) in [5.41, 5.74) is 3.36. The summed E-state index contributed by atoms with van der Waals surface area (Å²) in [5, 5.41) is 3.47. The normalized spacial score (nSPS) is 14.9. The van der Waals surface area contributed by atoms with Gasteiger partial charge in [-0.1, -0.05) is 42.1 Å². The largest absolute Gasteiger partial charge is 0.490 e. The van der Waals surface area contributed by atoms with Crippen LogP contribution >= 0.6 is 11.8 Å². The Morgan fingerprint density at radius 1 is 1.09 bits per heavy atom. The summed E-state index contributed by atoms with van der Waals surface area (Å²) in [4.78, 5) is 30.3. The van der Waals surface area contributed by atoms with Crippen molar-refractivity contribution in [3.63, 3.8) is 0 Å². The molecule has 0 radical (unpaired) electrons. The first-order valence-electron chi connectivity index (χ1n) is 11.4. The molecular weight excluding hydrogens is 450 g/mol. The topological polar surface area (TPSA) is 82.5 Å². The second kappa shape index (κ2) is 10.3. The van der Waals surface area contributed by atoms with E-state index in [1.807, 2.05) is 55.8 Å². The number of amides is 1. The predicted octanol–water partition coefficient (Wildman–Crippen LogP) is 4.65. The summed E-state index contributed by atoms with van der Waals surface area (Å²) in [5.74, 6) is 1.87. The highest BCUT2D eigenvalue weighted by molar-refractivity contribution is 7.98. The van der Waals surface area contributed by atoms with Gasteiger partial charge in [-0.05, 0) is 49.6 Å². The fourth-order valence-corrected chi connectivity index (χ4v) is 5.19. The molecule has 2 heterocycles. The van der Waals surface area contributed by atoms with Crippen molar-refractivity contribution in [2.45, 2.75) is 44.0 Å². The molecule has 7 nitrogen and oxygen atoms in total. The molecule has 3 aromatic rings. The maximum Gasteiger partial charge on any atom is 0.279 e. The maximum absolute atomic E-state index is 13.2. The Hall–Kier alpha value is -3.26. The molecule has 1 aliphatic heterocycles. The van der Waals surface area contributed by atoms with Crippen LogP contribution < -0.4 is 20.3 Å². The summed E-state index contributed by atoms with van der Waals surface area (Å²) in [6.45, 7) is 6.88. The van der Waals surface area contributed by atoms with E-state index in [1.54, 1.807) is 0 Å². The van der Waals surface area contributed by atoms with Gasteiger partial charge in [0.1, 0.15) is 5.82 Å². The Kier molecular flexibility index (Phi) is 7.26. The lowest BCUT2D eigenvalue weighted by molar-refractivity contribution is -0.116. The molecule has 0 aliphatic carbocycles. The monoisotopic (exact) mass is 479 g/mol. The van der Waals surface area contributed by atoms with Crippen molar-refractivity contribution in [1.29, 1.82) is 0 Å². The standard InChI is InChI=1S/C26H29N3O4S/c1-5-32-20-12-11-17(13-21(20)33-6-2)19-14-22(30)27-24-23(19)25(31)28-26(29(24)4)34-15-18-10-8-7-9-16(18)3/h7-13,19H,5-6,14-15H2,1-4H3,(H,27,30)/t19-/m0/s1. The smallest absolute Gasteiger partial charge is 0.279 e. The number of rotatable bonds is 8. The van der Waals surface area contributed by atoms with Crippen LogP contribution in [0.5, 0.6) is 11.5 Å². The number of carbonyl (C=O) groups excluding carboxylic acids is 1. The van der Waals surface area contributed by atoms with Crippen LogP contribution in [0.2, 0.25) is 0 Å². The molecule has 0 unspecified atom stereocenters. The zero-order chi connectivity index (χ0) is 24.2. The number of aromatic nitrogens is 2. The van der Waals surface area contributed by atoms with Crippen LogP contribution in [0, 0.1) is 6.92 Å². The molecule has 0 saturated heterocycles. The Bertz CT molecular complexity index is 1270. The van der Waals surface area contributed by atoms with Gasteiger partial charge < -0.3 is 19.4 Å². The molecule has 1 aliphatic rings. The maximum atomic E-state index is 13.2. The molecule has 0 spiro atoms. The summed E-state index contributed by atoms with van der Waals surface area (Å²) < 4.78 is 13.2. The van der Waals surface area contributed by atoms with Crippen LogP contribution in [0.15, 0.2) is 52.4 Å². The fraction of sp³-hybridized carbons (Fsp3) is 0.346. The minimum Gasteiger partial charge on any atom is -0.490 e. The van der Waals surface area contributed by atoms with Crippen molar-refractivity contribution in [1.82, 2.24) is 9.55 Å². The quantitative estimate of drug-likeness (QED) is 0.374. The van der Waals surface area contributed by atoms with Crippen molar-refractivity contribution in [3.8, 4) is 11.5 Å². The van der Waals surface area contributed by atoms with Gasteiger partial charge in [-0.25, -0.2) is 0 Å². The number of fused-ring (bicyclic) bond motifs is 1. The number of benzene rings is 2. The average Bonchev–Trinajstić information content (AvgIpc) is 2.82. The van der Waals surface area contributed by atoms with Crippen LogP contribution in [0.3, 0.4) is 0 Å². The van der Waals surface area contributed by atoms with E-state index in [-0.39, 0.29) is 17.9 Å². The van der Waals surface area contributed by atoms with E-state index in [4.69, 9.17) is 9.47 Å². The molecule has 0 saturated carbocycles. The second-order valence-corrected chi connectivity index (χ2v) is 9.06. The number of thioether (sulfide) groups is 1. The van der Waals surface area contributed by atoms with Crippen LogP contribution in [0.1, 0.15) is 48.4 Å². The van der Waals surface area contributed by atoms with Crippen molar-refractivity contribution >= 4 is 23.5 Å². The second-order valence-electron chi connectivity index (χ2n) is 8.11. The molecule has 178 valence electrons. The highest BCUT2D eigenvalue weighted by atomic mass is 32.2. The molecule has 1 amide bonds. The molecule has 34 heavy (non-hydrogen) atoms. The van der Waals surface area contributed by atoms with Gasteiger partial charge in [0.05, 0.1) is 18.8 Å². The lowest BCUT2D eigenvalue weighted by Gasteiger charge is -2.28. The van der Waals surface area contributed by atoms with Gasteiger partial charge >= 0.3 is 0 Å². The fourth-order valence-electron chi connectivity index (χ4n) is 4.15. The third kappa shape index (κ3) is 4.82. The Balaban J connectivity index is 1.72. The minimum absolute atomic E-state index is 0.139. The first kappa shape index (κ1) is 23.9. The first-order valence-corrected chi connectivity index (χ1v) is 12.4. The number of hydrogen-bond donors (Lipinski definition) is 1. The summed E-state index contributed by atoms with van der Waals surface area (Å²) in [6.07, 6.45) is 0.166. The van der Waals surface area contributed by atoms with Gasteiger partial charge in [-0.2, -0.15) is 4.98 Å². The number of anilines is 1. The SMILES string of the molecule is CCOc1ccc([C@@H]2CC(=O)Nc3c2c(=O)nc(SCc2ccccc2C)n3C)cc1OCC. The number of aryl methyl sites for hydroxylation is 1. The lowest BCUT2D eigenvalue weighted by Crippen LogP contribution is -2.33. The minimum atomic E-state index is -0.416.